The second-order valence-electron chi connectivity index (χ2n) is 7.63. The van der Waals surface area contributed by atoms with Crippen molar-refractivity contribution in [3.8, 4) is 0 Å². The zero-order valence-corrected chi connectivity index (χ0v) is 15.9. The van der Waals surface area contributed by atoms with Crippen molar-refractivity contribution in [2.45, 2.75) is 38.3 Å². The van der Waals surface area contributed by atoms with Gasteiger partial charge < -0.3 is 4.98 Å². The molecular formula is C23H23N3O2. The van der Waals surface area contributed by atoms with Crippen molar-refractivity contribution in [1.82, 2.24) is 14.8 Å². The average Bonchev–Trinajstić information content (AvgIpc) is 3.21. The number of H-pyrrole nitrogens is 1. The van der Waals surface area contributed by atoms with Crippen LogP contribution in [-0.4, -0.2) is 39.3 Å². The molecule has 1 N–H and O–H groups in total. The molecule has 1 saturated heterocycles. The van der Waals surface area contributed by atoms with Gasteiger partial charge in [0, 0.05) is 29.6 Å². The lowest BCUT2D eigenvalue weighted by atomic mass is 9.89. The fraction of sp³-hybridized carbons (Fsp3) is 0.304. The molecule has 5 nitrogen and oxygen atoms in total. The summed E-state index contributed by atoms with van der Waals surface area (Å²) in [6, 6.07) is 17.3. The van der Waals surface area contributed by atoms with Crippen LogP contribution in [0.15, 0.2) is 54.6 Å². The molecule has 0 spiro atoms. The fourth-order valence-corrected chi connectivity index (χ4v) is 4.63. The molecule has 0 unspecified atom stereocenters. The molecule has 142 valence electrons. The average molecular weight is 373 g/mol. The van der Waals surface area contributed by atoms with Gasteiger partial charge in [-0.2, -0.15) is 0 Å². The Kier molecular flexibility index (Phi) is 3.97. The van der Waals surface area contributed by atoms with Crippen LogP contribution in [0.5, 0.6) is 0 Å². The second-order valence-corrected chi connectivity index (χ2v) is 7.63. The monoisotopic (exact) mass is 373 g/mol. The number of urea groups is 1. The smallest absolute Gasteiger partial charge is 0.328 e. The molecule has 2 atom stereocenters. The number of rotatable bonds is 4. The minimum absolute atomic E-state index is 0.0599. The van der Waals surface area contributed by atoms with E-state index in [9.17, 15) is 9.59 Å². The van der Waals surface area contributed by atoms with Gasteiger partial charge in [0.2, 0.25) is 0 Å². The lowest BCUT2D eigenvalue weighted by Crippen LogP contribution is -2.44. The highest BCUT2D eigenvalue weighted by Crippen LogP contribution is 2.43. The number of benzene rings is 2. The summed E-state index contributed by atoms with van der Waals surface area (Å²) in [6.45, 7) is 2.57. The fourth-order valence-electron chi connectivity index (χ4n) is 4.63. The van der Waals surface area contributed by atoms with Gasteiger partial charge in [-0.05, 0) is 23.6 Å². The summed E-state index contributed by atoms with van der Waals surface area (Å²) in [5, 5.41) is 1.14. The Morgan fingerprint density at radius 1 is 1.04 bits per heavy atom. The summed E-state index contributed by atoms with van der Waals surface area (Å²) in [4.78, 5) is 33.2. The number of amides is 3. The normalized spacial score (nSPS) is 21.3. The topological polar surface area (TPSA) is 56.4 Å². The third-order valence-corrected chi connectivity index (χ3v) is 5.98. The minimum atomic E-state index is -0.429. The van der Waals surface area contributed by atoms with Crippen molar-refractivity contribution in [3.05, 3.63) is 71.4 Å². The van der Waals surface area contributed by atoms with Gasteiger partial charge in [-0.3, -0.25) is 14.6 Å². The van der Waals surface area contributed by atoms with E-state index in [0.717, 1.165) is 40.6 Å². The molecule has 0 saturated carbocycles. The van der Waals surface area contributed by atoms with Crippen molar-refractivity contribution < 1.29 is 9.59 Å². The van der Waals surface area contributed by atoms with E-state index in [0.29, 0.717) is 13.0 Å². The van der Waals surface area contributed by atoms with Gasteiger partial charge in [-0.25, -0.2) is 4.79 Å². The molecular weight excluding hydrogens is 350 g/mol. The molecule has 28 heavy (non-hydrogen) atoms. The first-order valence-electron chi connectivity index (χ1n) is 9.98. The molecule has 5 rings (SSSR count). The van der Waals surface area contributed by atoms with Crippen molar-refractivity contribution in [3.63, 3.8) is 0 Å². The number of nitrogens with one attached hydrogen (secondary N) is 1. The van der Waals surface area contributed by atoms with E-state index in [2.05, 4.69) is 24.0 Å². The summed E-state index contributed by atoms with van der Waals surface area (Å²) in [5.74, 6) is -0.0599. The lowest BCUT2D eigenvalue weighted by molar-refractivity contribution is -0.128. The van der Waals surface area contributed by atoms with E-state index in [1.807, 2.05) is 42.5 Å². The van der Waals surface area contributed by atoms with Gasteiger partial charge >= 0.3 is 6.03 Å². The molecule has 2 aliphatic heterocycles. The molecule has 2 aliphatic rings. The molecule has 3 amide bonds. The highest BCUT2D eigenvalue weighted by atomic mass is 16.2. The van der Waals surface area contributed by atoms with Crippen molar-refractivity contribution in [1.29, 1.82) is 0 Å². The van der Waals surface area contributed by atoms with Crippen LogP contribution >= 0.6 is 0 Å². The van der Waals surface area contributed by atoms with Gasteiger partial charge in [0.15, 0.2) is 0 Å². The Morgan fingerprint density at radius 2 is 1.79 bits per heavy atom. The van der Waals surface area contributed by atoms with Gasteiger partial charge in [0.25, 0.3) is 5.91 Å². The maximum Gasteiger partial charge on any atom is 0.328 e. The minimum Gasteiger partial charge on any atom is -0.356 e. The number of hydrogen-bond donors (Lipinski definition) is 1. The van der Waals surface area contributed by atoms with Crippen LogP contribution in [0.25, 0.3) is 10.9 Å². The zero-order valence-electron chi connectivity index (χ0n) is 15.9. The molecule has 3 aromatic rings. The second kappa shape index (κ2) is 6.51. The quantitative estimate of drug-likeness (QED) is 0.695. The first-order valence-corrected chi connectivity index (χ1v) is 9.98. The van der Waals surface area contributed by atoms with E-state index in [4.69, 9.17) is 0 Å². The number of fused-ring (bicyclic) bond motifs is 4. The Labute approximate surface area is 163 Å². The predicted octanol–water partition coefficient (Wildman–Crippen LogP) is 4.25. The number of nitrogens with zero attached hydrogens (tertiary/aromatic N) is 2. The van der Waals surface area contributed by atoms with Crippen LogP contribution in [0.4, 0.5) is 4.79 Å². The van der Waals surface area contributed by atoms with Crippen molar-refractivity contribution in [2.24, 2.45) is 0 Å². The number of imide groups is 1. The third kappa shape index (κ3) is 2.39. The van der Waals surface area contributed by atoms with Crippen LogP contribution < -0.4 is 0 Å². The summed E-state index contributed by atoms with van der Waals surface area (Å²) in [5.41, 5.74) is 4.27. The number of para-hydroxylation sites is 1. The summed E-state index contributed by atoms with van der Waals surface area (Å²) in [6.07, 6.45) is 2.35. The van der Waals surface area contributed by atoms with Crippen LogP contribution in [0.1, 0.15) is 42.6 Å². The van der Waals surface area contributed by atoms with E-state index in [-0.39, 0.29) is 18.0 Å². The van der Waals surface area contributed by atoms with Crippen LogP contribution in [0.3, 0.4) is 0 Å². The van der Waals surface area contributed by atoms with Crippen LogP contribution in [0.2, 0.25) is 0 Å². The highest BCUT2D eigenvalue weighted by Gasteiger charge is 2.52. The van der Waals surface area contributed by atoms with Crippen molar-refractivity contribution in [2.75, 3.05) is 6.54 Å². The molecule has 0 aliphatic carbocycles. The number of unbranched alkanes of at least 4 members (excludes halogenated alkanes) is 1. The lowest BCUT2D eigenvalue weighted by Gasteiger charge is -2.36. The molecule has 1 fully saturated rings. The maximum atomic E-state index is 13.3. The third-order valence-electron chi connectivity index (χ3n) is 5.98. The van der Waals surface area contributed by atoms with Gasteiger partial charge in [-0.1, -0.05) is 61.9 Å². The van der Waals surface area contributed by atoms with Crippen LogP contribution in [0, 0.1) is 0 Å². The van der Waals surface area contributed by atoms with E-state index < -0.39 is 6.04 Å². The summed E-state index contributed by atoms with van der Waals surface area (Å²) >= 11 is 0. The first-order chi connectivity index (χ1) is 13.7. The Hall–Kier alpha value is -3.08. The first kappa shape index (κ1) is 17.0. The highest BCUT2D eigenvalue weighted by molar-refractivity contribution is 6.05. The van der Waals surface area contributed by atoms with E-state index in [1.165, 1.54) is 4.90 Å². The molecule has 2 aromatic carbocycles. The summed E-state index contributed by atoms with van der Waals surface area (Å²) in [7, 11) is 0. The maximum absolute atomic E-state index is 13.3. The molecule has 0 radical (unpaired) electrons. The summed E-state index contributed by atoms with van der Waals surface area (Å²) < 4.78 is 0. The molecule has 3 heterocycles. The molecule has 1 aromatic heterocycles. The van der Waals surface area contributed by atoms with Gasteiger partial charge in [-0.15, -0.1) is 0 Å². The number of carbonyl (C=O) groups excluding carboxylic acids is 2. The van der Waals surface area contributed by atoms with Gasteiger partial charge in [0.05, 0.1) is 0 Å². The molecule has 5 heteroatoms. The number of hydrogen-bond acceptors (Lipinski definition) is 2. The Morgan fingerprint density at radius 3 is 2.57 bits per heavy atom. The van der Waals surface area contributed by atoms with E-state index in [1.54, 1.807) is 4.90 Å². The predicted molar refractivity (Wildman–Crippen MR) is 108 cm³/mol. The van der Waals surface area contributed by atoms with Gasteiger partial charge in [0.1, 0.15) is 12.1 Å². The molecule has 0 bridgehead atoms. The van der Waals surface area contributed by atoms with E-state index >= 15 is 0 Å². The number of aromatic nitrogens is 1. The largest absolute Gasteiger partial charge is 0.356 e. The number of carbonyl (C=O) groups is 2. The Balaban J connectivity index is 1.68. The number of aromatic amines is 1. The van der Waals surface area contributed by atoms with Crippen LogP contribution in [-0.2, 0) is 11.2 Å². The zero-order chi connectivity index (χ0) is 19.3. The SMILES string of the molecule is CCCCN1C(=O)[C@H]2Cc3c([nH]c4ccccc34)[C@@H](c3ccccc3)N2C1=O. The standard InChI is InChI=1S/C23H23N3O2/c1-2-3-13-25-22(27)19-14-17-16-11-7-8-12-18(16)24-20(17)21(26(19)23(25)28)15-9-5-4-6-10-15/h4-12,19,21,24H,2-3,13-14H2,1H3/t19-,21-/m1/s1. The van der Waals surface area contributed by atoms with Crippen molar-refractivity contribution >= 4 is 22.8 Å². The Bertz CT molecular complexity index is 1060.